The zero-order chi connectivity index (χ0) is 20.4. The Balaban J connectivity index is 1.57. The van der Waals surface area contributed by atoms with Gasteiger partial charge in [0.15, 0.2) is 0 Å². The number of hydrogen-bond acceptors (Lipinski definition) is 5. The van der Waals surface area contributed by atoms with Crippen molar-refractivity contribution in [3.05, 3.63) is 47.2 Å². The molecule has 29 heavy (non-hydrogen) atoms. The fourth-order valence-corrected chi connectivity index (χ4v) is 5.29. The summed E-state index contributed by atoms with van der Waals surface area (Å²) in [4.78, 5) is 21.5. The molecule has 0 saturated heterocycles. The lowest BCUT2D eigenvalue weighted by Crippen LogP contribution is -2.17. The molecule has 6 heteroatoms. The summed E-state index contributed by atoms with van der Waals surface area (Å²) in [5.41, 5.74) is 1.96. The summed E-state index contributed by atoms with van der Waals surface area (Å²) in [7, 11) is 1.61. The molecule has 1 fully saturated rings. The third-order valence-corrected chi connectivity index (χ3v) is 7.12. The predicted molar refractivity (Wildman–Crippen MR) is 118 cm³/mol. The number of benzene rings is 1. The van der Waals surface area contributed by atoms with E-state index < -0.39 is 0 Å². The van der Waals surface area contributed by atoms with Gasteiger partial charge in [-0.2, -0.15) is 0 Å². The van der Waals surface area contributed by atoms with E-state index in [0.717, 1.165) is 22.1 Å². The van der Waals surface area contributed by atoms with Gasteiger partial charge >= 0.3 is 0 Å². The first-order valence-corrected chi connectivity index (χ1v) is 11.1. The lowest BCUT2D eigenvalue weighted by molar-refractivity contribution is 0.102. The predicted octanol–water partition coefficient (Wildman–Crippen LogP) is 5.88. The minimum Gasteiger partial charge on any atom is -0.494 e. The standard InChI is InChI=1S/C23H27N3O2S/c1-14(2)15-7-9-16(10-8-15)23-26-19-12-20(28-3)18(13-21(19)29-23)25-22(27)17-6-4-5-11-24-17/h4-6,11-16H,7-10H2,1-3H3,(H,25,27)/t15-,16-. The Morgan fingerprint density at radius 3 is 2.66 bits per heavy atom. The number of methoxy groups -OCH3 is 1. The van der Waals surface area contributed by atoms with Crippen LogP contribution in [0.4, 0.5) is 5.69 Å². The Morgan fingerprint density at radius 1 is 1.21 bits per heavy atom. The number of thiazole rings is 1. The van der Waals surface area contributed by atoms with Crippen molar-refractivity contribution >= 4 is 33.1 Å². The highest BCUT2D eigenvalue weighted by atomic mass is 32.1. The maximum Gasteiger partial charge on any atom is 0.274 e. The van der Waals surface area contributed by atoms with Crippen LogP contribution in [-0.4, -0.2) is 23.0 Å². The number of rotatable bonds is 5. The van der Waals surface area contributed by atoms with Gasteiger partial charge in [-0.1, -0.05) is 19.9 Å². The second kappa shape index (κ2) is 8.49. The number of hydrogen-bond donors (Lipinski definition) is 1. The average molecular weight is 410 g/mol. The van der Waals surface area contributed by atoms with Crippen molar-refractivity contribution in [1.29, 1.82) is 0 Å². The number of amides is 1. The summed E-state index contributed by atoms with van der Waals surface area (Å²) in [6, 6.07) is 9.17. The van der Waals surface area contributed by atoms with Gasteiger partial charge in [0.2, 0.25) is 0 Å². The molecule has 5 nitrogen and oxygen atoms in total. The second-order valence-corrected chi connectivity index (χ2v) is 9.16. The summed E-state index contributed by atoms with van der Waals surface area (Å²) in [5, 5.41) is 4.14. The van der Waals surface area contributed by atoms with Crippen LogP contribution in [-0.2, 0) is 0 Å². The van der Waals surface area contributed by atoms with Crippen molar-refractivity contribution in [3.63, 3.8) is 0 Å². The summed E-state index contributed by atoms with van der Waals surface area (Å²) < 4.78 is 6.59. The monoisotopic (exact) mass is 409 g/mol. The number of carbonyl (C=O) groups excluding carboxylic acids is 1. The molecule has 1 aliphatic carbocycles. The number of nitrogens with zero attached hydrogens (tertiary/aromatic N) is 2. The highest BCUT2D eigenvalue weighted by molar-refractivity contribution is 7.18. The number of pyridine rings is 1. The van der Waals surface area contributed by atoms with E-state index in [0.29, 0.717) is 23.0 Å². The molecule has 0 aliphatic heterocycles. The summed E-state index contributed by atoms with van der Waals surface area (Å²) in [5.74, 6) is 2.51. The number of anilines is 1. The number of ether oxygens (including phenoxy) is 1. The van der Waals surface area contributed by atoms with Crippen LogP contribution in [0.3, 0.4) is 0 Å². The molecule has 1 amide bonds. The quantitative estimate of drug-likeness (QED) is 0.571. The van der Waals surface area contributed by atoms with Crippen LogP contribution in [0.2, 0.25) is 0 Å². The van der Waals surface area contributed by atoms with Crippen LogP contribution in [0.15, 0.2) is 36.5 Å². The lowest BCUT2D eigenvalue weighted by atomic mass is 9.77. The highest BCUT2D eigenvalue weighted by Crippen LogP contribution is 2.42. The van der Waals surface area contributed by atoms with Crippen LogP contribution >= 0.6 is 11.3 Å². The van der Waals surface area contributed by atoms with E-state index in [1.165, 1.54) is 30.7 Å². The van der Waals surface area contributed by atoms with E-state index in [9.17, 15) is 4.79 Å². The molecule has 1 aliphatic rings. The van der Waals surface area contributed by atoms with Gasteiger partial charge < -0.3 is 10.1 Å². The zero-order valence-corrected chi connectivity index (χ0v) is 18.0. The van der Waals surface area contributed by atoms with Gasteiger partial charge in [-0.15, -0.1) is 11.3 Å². The van der Waals surface area contributed by atoms with Crippen molar-refractivity contribution in [1.82, 2.24) is 9.97 Å². The van der Waals surface area contributed by atoms with Gasteiger partial charge in [0.05, 0.1) is 28.0 Å². The van der Waals surface area contributed by atoms with Crippen molar-refractivity contribution in [2.75, 3.05) is 12.4 Å². The van der Waals surface area contributed by atoms with Gasteiger partial charge in [0.1, 0.15) is 11.4 Å². The number of carbonyl (C=O) groups is 1. The maximum atomic E-state index is 12.5. The van der Waals surface area contributed by atoms with E-state index in [1.807, 2.05) is 12.1 Å². The van der Waals surface area contributed by atoms with Crippen molar-refractivity contribution < 1.29 is 9.53 Å². The van der Waals surface area contributed by atoms with Crippen LogP contribution in [0.25, 0.3) is 10.2 Å². The minimum absolute atomic E-state index is 0.250. The van der Waals surface area contributed by atoms with Gasteiger partial charge in [0.25, 0.3) is 5.91 Å². The molecule has 1 saturated carbocycles. The molecule has 0 bridgehead atoms. The SMILES string of the molecule is COc1cc2nc([C@H]3CC[C@H](C(C)C)CC3)sc2cc1NC(=O)c1ccccn1. The molecule has 2 heterocycles. The number of nitrogens with one attached hydrogen (secondary N) is 1. The highest BCUT2D eigenvalue weighted by Gasteiger charge is 2.26. The zero-order valence-electron chi connectivity index (χ0n) is 17.1. The van der Waals surface area contributed by atoms with Crippen molar-refractivity contribution in [2.24, 2.45) is 11.8 Å². The van der Waals surface area contributed by atoms with Crippen molar-refractivity contribution in [3.8, 4) is 5.75 Å². The van der Waals surface area contributed by atoms with Gasteiger partial charge in [-0.25, -0.2) is 4.98 Å². The fraction of sp³-hybridized carbons (Fsp3) is 0.435. The molecule has 1 aromatic carbocycles. The van der Waals surface area contributed by atoms with E-state index >= 15 is 0 Å². The third kappa shape index (κ3) is 4.27. The van der Waals surface area contributed by atoms with Gasteiger partial charge in [-0.3, -0.25) is 9.78 Å². The molecule has 152 valence electrons. The van der Waals surface area contributed by atoms with Crippen LogP contribution < -0.4 is 10.1 Å². The molecule has 0 radical (unpaired) electrons. The normalized spacial score (nSPS) is 19.4. The Bertz CT molecular complexity index is 992. The molecule has 4 rings (SSSR count). The summed E-state index contributed by atoms with van der Waals surface area (Å²) in [6.45, 7) is 4.66. The Kier molecular flexibility index (Phi) is 5.81. The van der Waals surface area contributed by atoms with E-state index in [-0.39, 0.29) is 5.91 Å². The van der Waals surface area contributed by atoms with E-state index in [4.69, 9.17) is 9.72 Å². The summed E-state index contributed by atoms with van der Waals surface area (Å²) >= 11 is 1.74. The third-order valence-electron chi connectivity index (χ3n) is 5.94. The molecule has 2 aromatic heterocycles. The Morgan fingerprint density at radius 2 is 2.00 bits per heavy atom. The maximum absolute atomic E-state index is 12.5. The molecular formula is C23H27N3O2S. The summed E-state index contributed by atoms with van der Waals surface area (Å²) in [6.07, 6.45) is 6.60. The largest absolute Gasteiger partial charge is 0.494 e. The Labute approximate surface area is 175 Å². The number of fused-ring (bicyclic) bond motifs is 1. The lowest BCUT2D eigenvalue weighted by Gasteiger charge is -2.29. The molecule has 0 unspecified atom stereocenters. The number of aromatic nitrogens is 2. The first kappa shape index (κ1) is 19.8. The fourth-order valence-electron chi connectivity index (χ4n) is 4.13. The first-order valence-electron chi connectivity index (χ1n) is 10.3. The molecule has 0 spiro atoms. The Hall–Kier alpha value is -2.47. The van der Waals surface area contributed by atoms with Crippen LogP contribution in [0.5, 0.6) is 5.75 Å². The topological polar surface area (TPSA) is 64.1 Å². The van der Waals surface area contributed by atoms with Crippen LogP contribution in [0, 0.1) is 11.8 Å². The van der Waals surface area contributed by atoms with E-state index in [1.54, 1.807) is 42.8 Å². The molecule has 0 atom stereocenters. The molecule has 3 aromatic rings. The van der Waals surface area contributed by atoms with Crippen molar-refractivity contribution in [2.45, 2.75) is 45.4 Å². The first-order chi connectivity index (χ1) is 14.0. The smallest absolute Gasteiger partial charge is 0.274 e. The average Bonchev–Trinajstić information content (AvgIpc) is 3.16. The van der Waals surface area contributed by atoms with Gasteiger partial charge in [0, 0.05) is 18.2 Å². The molecule has 1 N–H and O–H groups in total. The second-order valence-electron chi connectivity index (χ2n) is 8.10. The van der Waals surface area contributed by atoms with E-state index in [2.05, 4.69) is 24.1 Å². The van der Waals surface area contributed by atoms with Gasteiger partial charge in [-0.05, 0) is 55.7 Å². The molecular weight excluding hydrogens is 382 g/mol. The minimum atomic E-state index is -0.250. The van der Waals surface area contributed by atoms with Crippen LogP contribution in [0.1, 0.15) is 60.9 Å².